The zero-order valence-electron chi connectivity index (χ0n) is 18.6. The normalized spacial score (nSPS) is 13.6. The average Bonchev–Trinajstić information content (AvgIpc) is 3.04. The number of hydrogen-bond acceptors (Lipinski definition) is 5. The molecule has 1 aliphatic heterocycles. The summed E-state index contributed by atoms with van der Waals surface area (Å²) in [4.78, 5) is 38.9. The van der Waals surface area contributed by atoms with Gasteiger partial charge in [0.2, 0.25) is 0 Å². The van der Waals surface area contributed by atoms with Crippen LogP contribution in [-0.2, 0) is 9.59 Å². The summed E-state index contributed by atoms with van der Waals surface area (Å²) in [5, 5.41) is 3.07. The molecule has 6 nitrogen and oxygen atoms in total. The van der Waals surface area contributed by atoms with Crippen LogP contribution in [0.2, 0.25) is 10.0 Å². The van der Waals surface area contributed by atoms with Gasteiger partial charge in [-0.05, 0) is 66.1 Å². The van der Waals surface area contributed by atoms with Gasteiger partial charge in [0.05, 0.1) is 21.3 Å². The lowest BCUT2D eigenvalue weighted by Crippen LogP contribution is -2.32. The number of anilines is 2. The Morgan fingerprint density at radius 3 is 2.11 bits per heavy atom. The minimum absolute atomic E-state index is 0.0942. The van der Waals surface area contributed by atoms with Crippen molar-refractivity contribution >= 4 is 64.0 Å². The molecule has 1 heterocycles. The first-order valence-electron chi connectivity index (χ1n) is 10.6. The van der Waals surface area contributed by atoms with Gasteiger partial charge in [-0.2, -0.15) is 0 Å². The summed E-state index contributed by atoms with van der Waals surface area (Å²) in [6, 6.07) is 18.0. The highest BCUT2D eigenvalue weighted by atomic mass is 35.5. The van der Waals surface area contributed by atoms with Crippen molar-refractivity contribution < 1.29 is 19.1 Å². The third-order valence-electron chi connectivity index (χ3n) is 5.34. The van der Waals surface area contributed by atoms with E-state index in [1.165, 1.54) is 18.2 Å². The topological polar surface area (TPSA) is 75.7 Å². The van der Waals surface area contributed by atoms with Gasteiger partial charge in [-0.1, -0.05) is 60.8 Å². The SMILES string of the molecule is CC(C)c1ccc(OC(=O)c2ccc(NC3=C(Cl)C(=O)N(c4ccc(Cl)c(Cl)c4)C3=O)cc2)cc1. The highest BCUT2D eigenvalue weighted by molar-refractivity contribution is 6.53. The minimum Gasteiger partial charge on any atom is -0.423 e. The molecule has 0 unspecified atom stereocenters. The Morgan fingerprint density at radius 2 is 1.51 bits per heavy atom. The second kappa shape index (κ2) is 10.1. The van der Waals surface area contributed by atoms with Gasteiger partial charge >= 0.3 is 5.97 Å². The number of halogens is 3. The van der Waals surface area contributed by atoms with E-state index < -0.39 is 17.8 Å². The molecule has 35 heavy (non-hydrogen) atoms. The summed E-state index contributed by atoms with van der Waals surface area (Å²) in [5.41, 5.74) is 2.06. The zero-order valence-corrected chi connectivity index (χ0v) is 20.9. The largest absolute Gasteiger partial charge is 0.423 e. The van der Waals surface area contributed by atoms with Crippen molar-refractivity contribution in [3.63, 3.8) is 0 Å². The summed E-state index contributed by atoms with van der Waals surface area (Å²) in [5.74, 6) is -1.05. The smallest absolute Gasteiger partial charge is 0.343 e. The Balaban J connectivity index is 1.46. The van der Waals surface area contributed by atoms with E-state index in [0.29, 0.717) is 22.9 Å². The lowest BCUT2D eigenvalue weighted by atomic mass is 10.0. The predicted octanol–water partition coefficient (Wildman–Crippen LogP) is 6.77. The van der Waals surface area contributed by atoms with Crippen LogP contribution in [0.3, 0.4) is 0 Å². The summed E-state index contributed by atoms with van der Waals surface area (Å²) < 4.78 is 5.42. The van der Waals surface area contributed by atoms with Crippen LogP contribution in [0.15, 0.2) is 77.5 Å². The van der Waals surface area contributed by atoms with Crippen molar-refractivity contribution in [2.45, 2.75) is 19.8 Å². The fourth-order valence-electron chi connectivity index (χ4n) is 3.39. The van der Waals surface area contributed by atoms with E-state index in [4.69, 9.17) is 39.5 Å². The minimum atomic E-state index is -0.693. The molecule has 0 atom stereocenters. The van der Waals surface area contributed by atoms with E-state index in [1.807, 2.05) is 12.1 Å². The third-order valence-corrected chi connectivity index (χ3v) is 6.43. The first kappa shape index (κ1) is 24.8. The Bertz CT molecular complexity index is 1350. The highest BCUT2D eigenvalue weighted by Crippen LogP contribution is 2.33. The molecule has 0 saturated carbocycles. The molecule has 0 spiro atoms. The Kier molecular flexibility index (Phi) is 7.17. The van der Waals surface area contributed by atoms with Crippen LogP contribution >= 0.6 is 34.8 Å². The van der Waals surface area contributed by atoms with Gasteiger partial charge in [-0.15, -0.1) is 0 Å². The van der Waals surface area contributed by atoms with Gasteiger partial charge in [0.1, 0.15) is 16.5 Å². The molecule has 3 aromatic carbocycles. The van der Waals surface area contributed by atoms with E-state index >= 15 is 0 Å². The quantitative estimate of drug-likeness (QED) is 0.217. The van der Waals surface area contributed by atoms with E-state index in [0.717, 1.165) is 10.5 Å². The molecular formula is C26H19Cl3N2O4. The number of carbonyl (C=O) groups is 3. The van der Waals surface area contributed by atoms with Crippen molar-refractivity contribution in [2.24, 2.45) is 0 Å². The summed E-state index contributed by atoms with van der Waals surface area (Å²) in [6.07, 6.45) is 0. The Hall–Kier alpha value is -3.32. The second-order valence-corrected chi connectivity index (χ2v) is 9.24. The monoisotopic (exact) mass is 528 g/mol. The fourth-order valence-corrected chi connectivity index (χ4v) is 3.90. The second-order valence-electron chi connectivity index (χ2n) is 8.05. The summed E-state index contributed by atoms with van der Waals surface area (Å²) in [7, 11) is 0. The highest BCUT2D eigenvalue weighted by Gasteiger charge is 2.39. The van der Waals surface area contributed by atoms with Crippen LogP contribution < -0.4 is 15.0 Å². The molecule has 178 valence electrons. The number of nitrogens with one attached hydrogen (secondary N) is 1. The molecule has 4 rings (SSSR count). The van der Waals surface area contributed by atoms with E-state index in [2.05, 4.69) is 19.2 Å². The molecule has 3 aromatic rings. The standard InChI is InChI=1S/C26H19Cl3N2O4/c1-14(2)15-5-10-19(11-6-15)35-26(34)16-3-7-17(8-4-16)30-23-22(29)24(32)31(25(23)33)18-9-12-20(27)21(28)13-18/h3-14,30H,1-2H3. The van der Waals surface area contributed by atoms with Gasteiger partial charge in [0.25, 0.3) is 11.8 Å². The molecule has 0 aliphatic carbocycles. The lowest BCUT2D eigenvalue weighted by Gasteiger charge is -2.15. The molecule has 2 amide bonds. The van der Waals surface area contributed by atoms with Gasteiger partial charge in [-0.3, -0.25) is 9.59 Å². The van der Waals surface area contributed by atoms with Gasteiger partial charge in [0.15, 0.2) is 0 Å². The van der Waals surface area contributed by atoms with Gasteiger partial charge < -0.3 is 10.1 Å². The van der Waals surface area contributed by atoms with Gasteiger partial charge in [-0.25, -0.2) is 9.69 Å². The van der Waals surface area contributed by atoms with Crippen LogP contribution in [0.5, 0.6) is 5.75 Å². The van der Waals surface area contributed by atoms with E-state index in [-0.39, 0.29) is 26.5 Å². The van der Waals surface area contributed by atoms with Crippen molar-refractivity contribution in [3.05, 3.63) is 98.6 Å². The maximum Gasteiger partial charge on any atom is 0.343 e. The number of benzene rings is 3. The van der Waals surface area contributed by atoms with Crippen molar-refractivity contribution in [3.8, 4) is 5.75 Å². The van der Waals surface area contributed by atoms with Crippen LogP contribution in [0.4, 0.5) is 11.4 Å². The van der Waals surface area contributed by atoms with Crippen LogP contribution in [0.25, 0.3) is 0 Å². The molecule has 0 radical (unpaired) electrons. The van der Waals surface area contributed by atoms with E-state index in [1.54, 1.807) is 36.4 Å². The van der Waals surface area contributed by atoms with E-state index in [9.17, 15) is 14.4 Å². The van der Waals surface area contributed by atoms with Crippen molar-refractivity contribution in [1.29, 1.82) is 0 Å². The molecule has 0 saturated heterocycles. The zero-order chi connectivity index (χ0) is 25.3. The number of amides is 2. The molecule has 0 fully saturated rings. The Morgan fingerprint density at radius 1 is 0.857 bits per heavy atom. The summed E-state index contributed by atoms with van der Waals surface area (Å²) >= 11 is 18.1. The van der Waals surface area contributed by atoms with Crippen molar-refractivity contribution in [1.82, 2.24) is 0 Å². The molecular weight excluding hydrogens is 511 g/mol. The molecule has 0 aromatic heterocycles. The van der Waals surface area contributed by atoms with Crippen LogP contribution in [0.1, 0.15) is 35.7 Å². The number of carbonyl (C=O) groups excluding carboxylic acids is 3. The number of esters is 1. The van der Waals surface area contributed by atoms with Gasteiger partial charge in [0, 0.05) is 5.69 Å². The first-order valence-corrected chi connectivity index (χ1v) is 11.7. The maximum absolute atomic E-state index is 12.9. The first-order chi connectivity index (χ1) is 16.7. The molecule has 0 bridgehead atoms. The van der Waals surface area contributed by atoms with Crippen molar-refractivity contribution in [2.75, 3.05) is 10.2 Å². The maximum atomic E-state index is 12.9. The molecule has 9 heteroatoms. The third kappa shape index (κ3) is 5.20. The number of imide groups is 1. The lowest BCUT2D eigenvalue weighted by molar-refractivity contribution is -0.120. The van der Waals surface area contributed by atoms with Crippen LogP contribution in [0, 0.1) is 0 Å². The fraction of sp³-hybridized carbons (Fsp3) is 0.115. The van der Waals surface area contributed by atoms with Crippen LogP contribution in [-0.4, -0.2) is 17.8 Å². The predicted molar refractivity (Wildman–Crippen MR) is 137 cm³/mol. The average molecular weight is 530 g/mol. The number of hydrogen-bond donors (Lipinski definition) is 1. The molecule has 1 N–H and O–H groups in total. The number of ether oxygens (including phenoxy) is 1. The number of rotatable bonds is 6. The Labute approximate surface area is 217 Å². The molecule has 1 aliphatic rings. The number of nitrogens with zero attached hydrogens (tertiary/aromatic N) is 1. The summed E-state index contributed by atoms with van der Waals surface area (Å²) in [6.45, 7) is 4.17.